The number of rotatable bonds is 6. The smallest absolute Gasteiger partial charge is 0.191 e. The number of hydrogen-bond acceptors (Lipinski definition) is 5. The summed E-state index contributed by atoms with van der Waals surface area (Å²) >= 11 is 1.62. The Bertz CT molecular complexity index is 809. The van der Waals surface area contributed by atoms with Crippen molar-refractivity contribution in [1.82, 2.24) is 15.0 Å². The molecule has 0 radical (unpaired) electrons. The van der Waals surface area contributed by atoms with Crippen molar-refractivity contribution in [2.75, 3.05) is 5.75 Å². The van der Waals surface area contributed by atoms with Crippen molar-refractivity contribution in [2.24, 2.45) is 0 Å². The molecule has 1 N–H and O–H groups in total. The van der Waals surface area contributed by atoms with Gasteiger partial charge in [0.25, 0.3) is 0 Å². The first-order valence-corrected chi connectivity index (χ1v) is 8.99. The molecule has 122 valence electrons. The van der Waals surface area contributed by atoms with Crippen LogP contribution in [-0.4, -0.2) is 25.8 Å². The van der Waals surface area contributed by atoms with Crippen LogP contribution in [0.2, 0.25) is 0 Å². The zero-order valence-corrected chi connectivity index (χ0v) is 14.3. The third-order valence-electron chi connectivity index (χ3n) is 3.52. The molecular formula is C19H19N3OS. The molecule has 0 aliphatic rings. The fourth-order valence-corrected chi connectivity index (χ4v) is 3.15. The summed E-state index contributed by atoms with van der Waals surface area (Å²) in [5.41, 5.74) is 1.56. The molecule has 2 aromatic carbocycles. The Hall–Kier alpha value is -2.40. The van der Waals surface area contributed by atoms with E-state index in [2.05, 4.69) is 21.9 Å². The fourth-order valence-electron chi connectivity index (χ4n) is 2.23. The molecule has 0 amide bonds. The molecular weight excluding hydrogens is 318 g/mol. The van der Waals surface area contributed by atoms with Gasteiger partial charge in [0.05, 0.1) is 5.56 Å². The second-order valence-electron chi connectivity index (χ2n) is 5.35. The Labute approximate surface area is 146 Å². The summed E-state index contributed by atoms with van der Waals surface area (Å²) < 4.78 is 0. The molecule has 4 nitrogen and oxygen atoms in total. The average Bonchev–Trinajstić information content (AvgIpc) is 2.63. The molecule has 5 heteroatoms. The lowest BCUT2D eigenvalue weighted by atomic mass is 10.2. The van der Waals surface area contributed by atoms with Gasteiger partial charge in [-0.2, -0.15) is 0 Å². The Morgan fingerprint density at radius 2 is 1.58 bits per heavy atom. The predicted molar refractivity (Wildman–Crippen MR) is 98.0 cm³/mol. The first kappa shape index (κ1) is 16.5. The zero-order valence-electron chi connectivity index (χ0n) is 13.5. The topological polar surface area (TPSA) is 58.9 Å². The maximum Gasteiger partial charge on any atom is 0.191 e. The lowest BCUT2D eigenvalue weighted by Crippen LogP contribution is -1.99. The first-order chi connectivity index (χ1) is 11.8. The number of hydrogen-bond donors (Lipinski definition) is 1. The van der Waals surface area contributed by atoms with Crippen molar-refractivity contribution >= 4 is 11.8 Å². The van der Waals surface area contributed by atoms with Crippen LogP contribution < -0.4 is 0 Å². The number of thioether (sulfide) groups is 1. The Morgan fingerprint density at radius 3 is 2.33 bits per heavy atom. The van der Waals surface area contributed by atoms with Crippen molar-refractivity contribution in [3.63, 3.8) is 0 Å². The molecule has 3 aromatic rings. The van der Waals surface area contributed by atoms with Crippen LogP contribution in [0.1, 0.15) is 19.8 Å². The van der Waals surface area contributed by atoms with E-state index in [0.717, 1.165) is 24.2 Å². The number of unbranched alkanes of at least 4 members (excludes halogenated alkanes) is 1. The third-order valence-corrected chi connectivity index (χ3v) is 4.45. The molecule has 0 saturated heterocycles. The van der Waals surface area contributed by atoms with Gasteiger partial charge in [-0.05, 0) is 18.6 Å². The van der Waals surface area contributed by atoms with Crippen LogP contribution in [0, 0.1) is 0 Å². The van der Waals surface area contributed by atoms with Crippen LogP contribution >= 0.6 is 11.8 Å². The quantitative estimate of drug-likeness (QED) is 0.517. The normalized spacial score (nSPS) is 10.7. The van der Waals surface area contributed by atoms with Crippen molar-refractivity contribution in [3.05, 3.63) is 54.6 Å². The van der Waals surface area contributed by atoms with Crippen molar-refractivity contribution in [1.29, 1.82) is 0 Å². The molecule has 0 saturated carbocycles. The molecule has 0 aliphatic carbocycles. The number of benzene rings is 2. The van der Waals surface area contributed by atoms with E-state index in [1.165, 1.54) is 0 Å². The van der Waals surface area contributed by atoms with E-state index in [1.54, 1.807) is 23.9 Å². The standard InChI is InChI=1S/C19H19N3OS/c1-2-3-13-24-19-21-17(14-9-5-4-6-10-14)20-18(22-19)15-11-7-8-12-16(15)23/h4-12,23H,2-3,13H2,1H3. The van der Waals surface area contributed by atoms with Gasteiger partial charge in [-0.25, -0.2) is 15.0 Å². The van der Waals surface area contributed by atoms with Gasteiger partial charge in [-0.3, -0.25) is 0 Å². The monoisotopic (exact) mass is 337 g/mol. The summed E-state index contributed by atoms with van der Waals surface area (Å²) in [5.74, 6) is 2.27. The van der Waals surface area contributed by atoms with Crippen LogP contribution in [0.4, 0.5) is 0 Å². The second kappa shape index (κ2) is 7.93. The molecule has 0 atom stereocenters. The molecule has 0 spiro atoms. The molecule has 0 fully saturated rings. The summed E-state index contributed by atoms with van der Waals surface area (Å²) in [5, 5.41) is 10.8. The van der Waals surface area contributed by atoms with Crippen molar-refractivity contribution < 1.29 is 5.11 Å². The first-order valence-electron chi connectivity index (χ1n) is 8.00. The van der Waals surface area contributed by atoms with Gasteiger partial charge in [0.15, 0.2) is 16.8 Å². The summed E-state index contributed by atoms with van der Waals surface area (Å²) in [6.07, 6.45) is 2.25. The summed E-state index contributed by atoms with van der Waals surface area (Å²) in [6, 6.07) is 17.0. The Morgan fingerprint density at radius 1 is 0.875 bits per heavy atom. The zero-order chi connectivity index (χ0) is 16.8. The fraction of sp³-hybridized carbons (Fsp3) is 0.211. The second-order valence-corrected chi connectivity index (χ2v) is 6.41. The van der Waals surface area contributed by atoms with E-state index in [-0.39, 0.29) is 5.75 Å². The van der Waals surface area contributed by atoms with E-state index >= 15 is 0 Å². The van der Waals surface area contributed by atoms with Gasteiger partial charge in [-0.1, -0.05) is 67.6 Å². The highest BCUT2D eigenvalue weighted by Crippen LogP contribution is 2.29. The Balaban J connectivity index is 2.04. The molecule has 1 aromatic heterocycles. The minimum Gasteiger partial charge on any atom is -0.507 e. The summed E-state index contributed by atoms with van der Waals surface area (Å²) in [6.45, 7) is 2.16. The maximum atomic E-state index is 10.1. The number of para-hydroxylation sites is 1. The van der Waals surface area contributed by atoms with Crippen LogP contribution in [0.15, 0.2) is 59.8 Å². The van der Waals surface area contributed by atoms with Gasteiger partial charge in [0, 0.05) is 11.3 Å². The van der Waals surface area contributed by atoms with Gasteiger partial charge < -0.3 is 5.11 Å². The highest BCUT2D eigenvalue weighted by molar-refractivity contribution is 7.99. The maximum absolute atomic E-state index is 10.1. The van der Waals surface area contributed by atoms with Crippen molar-refractivity contribution in [2.45, 2.75) is 24.9 Å². The van der Waals surface area contributed by atoms with Crippen LogP contribution in [0.3, 0.4) is 0 Å². The number of aromatic nitrogens is 3. The SMILES string of the molecule is CCCCSc1nc(-c2ccccc2)nc(-c2ccccc2O)n1. The minimum absolute atomic E-state index is 0.173. The van der Waals surface area contributed by atoms with E-state index in [1.807, 2.05) is 42.5 Å². The van der Waals surface area contributed by atoms with Crippen LogP contribution in [0.25, 0.3) is 22.8 Å². The van der Waals surface area contributed by atoms with E-state index in [4.69, 9.17) is 0 Å². The van der Waals surface area contributed by atoms with Crippen LogP contribution in [0.5, 0.6) is 5.75 Å². The minimum atomic E-state index is 0.173. The molecule has 0 unspecified atom stereocenters. The summed E-state index contributed by atoms with van der Waals surface area (Å²) in [4.78, 5) is 13.7. The van der Waals surface area contributed by atoms with Gasteiger partial charge in [0.2, 0.25) is 0 Å². The van der Waals surface area contributed by atoms with E-state index < -0.39 is 0 Å². The average molecular weight is 337 g/mol. The van der Waals surface area contributed by atoms with E-state index in [0.29, 0.717) is 22.4 Å². The number of aromatic hydroxyl groups is 1. The molecule has 1 heterocycles. The number of phenolic OH excluding ortho intramolecular Hbond substituents is 1. The Kier molecular flexibility index (Phi) is 5.43. The highest BCUT2D eigenvalue weighted by atomic mass is 32.2. The van der Waals surface area contributed by atoms with E-state index in [9.17, 15) is 5.11 Å². The molecule has 0 aliphatic heterocycles. The van der Waals surface area contributed by atoms with Crippen LogP contribution in [-0.2, 0) is 0 Å². The predicted octanol–water partition coefficient (Wildman–Crippen LogP) is 4.80. The lowest BCUT2D eigenvalue weighted by Gasteiger charge is -2.08. The number of nitrogens with zero attached hydrogens (tertiary/aromatic N) is 3. The van der Waals surface area contributed by atoms with Gasteiger partial charge in [-0.15, -0.1) is 0 Å². The van der Waals surface area contributed by atoms with Gasteiger partial charge >= 0.3 is 0 Å². The number of phenols is 1. The summed E-state index contributed by atoms with van der Waals surface area (Å²) in [7, 11) is 0. The van der Waals surface area contributed by atoms with Gasteiger partial charge in [0.1, 0.15) is 5.75 Å². The third kappa shape index (κ3) is 3.92. The molecule has 0 bridgehead atoms. The van der Waals surface area contributed by atoms with Crippen molar-refractivity contribution in [3.8, 4) is 28.5 Å². The molecule has 24 heavy (non-hydrogen) atoms. The molecule has 3 rings (SSSR count). The lowest BCUT2D eigenvalue weighted by molar-refractivity contribution is 0.477. The largest absolute Gasteiger partial charge is 0.507 e. The highest BCUT2D eigenvalue weighted by Gasteiger charge is 2.13.